The van der Waals surface area contributed by atoms with Gasteiger partial charge >= 0.3 is 0 Å². The normalized spacial score (nSPS) is 11.3. The summed E-state index contributed by atoms with van der Waals surface area (Å²) in [6, 6.07) is 5.12. The smallest absolute Gasteiger partial charge is 0.251 e. The van der Waals surface area contributed by atoms with Crippen molar-refractivity contribution < 1.29 is 9.53 Å². The molecule has 0 aromatic heterocycles. The van der Waals surface area contributed by atoms with Crippen LogP contribution in [0.15, 0.2) is 22.7 Å². The highest BCUT2D eigenvalue weighted by molar-refractivity contribution is 9.10. The number of ether oxygens (including phenoxy) is 1. The van der Waals surface area contributed by atoms with Gasteiger partial charge in [0, 0.05) is 22.8 Å². The number of halogens is 1. The highest BCUT2D eigenvalue weighted by Gasteiger charge is 2.21. The number of amides is 1. The third kappa shape index (κ3) is 4.36. The zero-order chi connectivity index (χ0) is 13.1. The molecule has 0 saturated heterocycles. The van der Waals surface area contributed by atoms with E-state index >= 15 is 0 Å². The first-order valence-electron chi connectivity index (χ1n) is 5.21. The molecule has 0 radical (unpaired) electrons. The van der Waals surface area contributed by atoms with Gasteiger partial charge in [-0.3, -0.25) is 4.79 Å². The molecule has 1 rings (SSSR count). The molecule has 4 nitrogen and oxygen atoms in total. The van der Waals surface area contributed by atoms with E-state index in [1.807, 2.05) is 13.8 Å². The Labute approximate surface area is 110 Å². The lowest BCUT2D eigenvalue weighted by molar-refractivity contribution is 0.0820. The molecule has 0 aliphatic carbocycles. The highest BCUT2D eigenvalue weighted by atomic mass is 79.9. The fourth-order valence-electron chi connectivity index (χ4n) is 1.52. The fraction of sp³-hybridized carbons (Fsp3) is 0.417. The zero-order valence-corrected chi connectivity index (χ0v) is 11.8. The molecule has 0 aliphatic heterocycles. The number of methoxy groups -OCH3 is 1. The number of anilines is 1. The Balaban J connectivity index is 2.83. The van der Waals surface area contributed by atoms with Crippen molar-refractivity contribution in [3.05, 3.63) is 28.2 Å². The number of hydrogen-bond acceptors (Lipinski definition) is 3. The van der Waals surface area contributed by atoms with Gasteiger partial charge in [0.05, 0.1) is 12.1 Å². The average Bonchev–Trinajstić information content (AvgIpc) is 2.14. The fourth-order valence-corrected chi connectivity index (χ4v) is 2.03. The van der Waals surface area contributed by atoms with E-state index in [1.54, 1.807) is 25.3 Å². The van der Waals surface area contributed by atoms with Crippen LogP contribution in [-0.4, -0.2) is 25.2 Å². The summed E-state index contributed by atoms with van der Waals surface area (Å²) >= 11 is 3.31. The Morgan fingerprint density at radius 3 is 2.65 bits per heavy atom. The first-order valence-corrected chi connectivity index (χ1v) is 6.01. The van der Waals surface area contributed by atoms with Crippen LogP contribution in [0.1, 0.15) is 24.2 Å². The summed E-state index contributed by atoms with van der Waals surface area (Å²) in [5, 5.41) is 2.89. The van der Waals surface area contributed by atoms with E-state index in [0.717, 1.165) is 4.47 Å². The van der Waals surface area contributed by atoms with E-state index in [9.17, 15) is 4.79 Å². The van der Waals surface area contributed by atoms with Crippen molar-refractivity contribution >= 4 is 27.5 Å². The Kier molecular flexibility index (Phi) is 4.54. The van der Waals surface area contributed by atoms with Crippen molar-refractivity contribution in [1.82, 2.24) is 5.32 Å². The summed E-state index contributed by atoms with van der Waals surface area (Å²) < 4.78 is 5.83. The maximum atomic E-state index is 12.0. The Hall–Kier alpha value is -1.07. The van der Waals surface area contributed by atoms with Crippen LogP contribution in [0.2, 0.25) is 0 Å². The van der Waals surface area contributed by atoms with Gasteiger partial charge in [-0.2, -0.15) is 0 Å². The summed E-state index contributed by atoms with van der Waals surface area (Å²) in [6.07, 6.45) is 0. The first-order chi connectivity index (χ1) is 7.84. The maximum absolute atomic E-state index is 12.0. The third-order valence-electron chi connectivity index (χ3n) is 2.14. The number of nitrogens with one attached hydrogen (secondary N) is 1. The quantitative estimate of drug-likeness (QED) is 0.838. The van der Waals surface area contributed by atoms with Crippen molar-refractivity contribution in [3.8, 4) is 0 Å². The zero-order valence-electron chi connectivity index (χ0n) is 10.2. The van der Waals surface area contributed by atoms with E-state index in [-0.39, 0.29) is 5.91 Å². The molecular weight excluding hydrogens is 284 g/mol. The Morgan fingerprint density at radius 1 is 1.47 bits per heavy atom. The number of nitrogens with two attached hydrogens (primary N) is 1. The van der Waals surface area contributed by atoms with E-state index in [4.69, 9.17) is 10.5 Å². The van der Waals surface area contributed by atoms with Crippen LogP contribution < -0.4 is 11.1 Å². The number of nitrogen functional groups attached to an aromatic ring is 1. The standard InChI is InChI=1S/C12H17BrN2O2/c1-12(2,7-17-3)15-11(16)8-4-9(13)6-10(14)5-8/h4-6H,7,14H2,1-3H3,(H,15,16). The van der Waals surface area contributed by atoms with E-state index in [2.05, 4.69) is 21.2 Å². The minimum atomic E-state index is -0.414. The van der Waals surface area contributed by atoms with Crippen LogP contribution >= 0.6 is 15.9 Å². The number of rotatable bonds is 4. The lowest BCUT2D eigenvalue weighted by atomic mass is 10.1. The van der Waals surface area contributed by atoms with Crippen LogP contribution in [0.5, 0.6) is 0 Å². The monoisotopic (exact) mass is 300 g/mol. The molecule has 0 atom stereocenters. The van der Waals surface area contributed by atoms with Crippen molar-refractivity contribution in [2.75, 3.05) is 19.5 Å². The molecule has 5 heteroatoms. The Morgan fingerprint density at radius 2 is 2.12 bits per heavy atom. The van der Waals surface area contributed by atoms with E-state index < -0.39 is 5.54 Å². The molecule has 0 heterocycles. The SMILES string of the molecule is COCC(C)(C)NC(=O)c1cc(N)cc(Br)c1. The van der Waals surface area contributed by atoms with Crippen molar-refractivity contribution in [1.29, 1.82) is 0 Å². The van der Waals surface area contributed by atoms with Crippen molar-refractivity contribution in [3.63, 3.8) is 0 Å². The molecular formula is C12H17BrN2O2. The van der Waals surface area contributed by atoms with E-state index in [0.29, 0.717) is 17.9 Å². The van der Waals surface area contributed by atoms with Gasteiger partial charge < -0.3 is 15.8 Å². The summed E-state index contributed by atoms with van der Waals surface area (Å²) in [4.78, 5) is 12.0. The molecule has 1 aromatic carbocycles. The van der Waals surface area contributed by atoms with Gasteiger partial charge in [0.25, 0.3) is 5.91 Å². The van der Waals surface area contributed by atoms with Crippen LogP contribution in [0.3, 0.4) is 0 Å². The summed E-state index contributed by atoms with van der Waals surface area (Å²) in [5.41, 5.74) is 6.35. The summed E-state index contributed by atoms with van der Waals surface area (Å²) in [5.74, 6) is -0.167. The molecule has 3 N–H and O–H groups in total. The third-order valence-corrected chi connectivity index (χ3v) is 2.60. The van der Waals surface area contributed by atoms with Crippen LogP contribution in [0.4, 0.5) is 5.69 Å². The summed E-state index contributed by atoms with van der Waals surface area (Å²) in [6.45, 7) is 4.24. The maximum Gasteiger partial charge on any atom is 0.251 e. The van der Waals surface area contributed by atoms with Gasteiger partial charge in [-0.15, -0.1) is 0 Å². The lowest BCUT2D eigenvalue weighted by Crippen LogP contribution is -2.46. The van der Waals surface area contributed by atoms with Gasteiger partial charge in [-0.1, -0.05) is 15.9 Å². The van der Waals surface area contributed by atoms with Gasteiger partial charge in [-0.25, -0.2) is 0 Å². The minimum absolute atomic E-state index is 0.167. The second-order valence-electron chi connectivity index (χ2n) is 4.54. The molecule has 0 fully saturated rings. The molecule has 0 unspecified atom stereocenters. The highest BCUT2D eigenvalue weighted by Crippen LogP contribution is 2.18. The predicted octanol–water partition coefficient (Wildman–Crippen LogP) is 2.19. The average molecular weight is 301 g/mol. The second-order valence-corrected chi connectivity index (χ2v) is 5.46. The van der Waals surface area contributed by atoms with Crippen LogP contribution in [0.25, 0.3) is 0 Å². The van der Waals surface area contributed by atoms with Gasteiger partial charge in [-0.05, 0) is 32.0 Å². The molecule has 1 amide bonds. The van der Waals surface area contributed by atoms with Crippen LogP contribution in [0, 0.1) is 0 Å². The minimum Gasteiger partial charge on any atom is -0.399 e. The topological polar surface area (TPSA) is 64.3 Å². The molecule has 1 aromatic rings. The number of carbonyl (C=O) groups excluding carboxylic acids is 1. The molecule has 0 aliphatic rings. The largest absolute Gasteiger partial charge is 0.399 e. The van der Waals surface area contributed by atoms with Crippen molar-refractivity contribution in [2.45, 2.75) is 19.4 Å². The van der Waals surface area contributed by atoms with Crippen molar-refractivity contribution in [2.24, 2.45) is 0 Å². The molecule has 94 valence electrons. The number of hydrogen-bond donors (Lipinski definition) is 2. The van der Waals surface area contributed by atoms with E-state index in [1.165, 1.54) is 0 Å². The molecule has 17 heavy (non-hydrogen) atoms. The van der Waals surface area contributed by atoms with Gasteiger partial charge in [0.15, 0.2) is 0 Å². The molecule has 0 bridgehead atoms. The number of benzene rings is 1. The van der Waals surface area contributed by atoms with Gasteiger partial charge in [0.1, 0.15) is 0 Å². The summed E-state index contributed by atoms with van der Waals surface area (Å²) in [7, 11) is 1.60. The van der Waals surface area contributed by atoms with Crippen LogP contribution in [-0.2, 0) is 4.74 Å². The van der Waals surface area contributed by atoms with Gasteiger partial charge in [0.2, 0.25) is 0 Å². The molecule has 0 spiro atoms. The molecule has 0 saturated carbocycles. The first kappa shape index (κ1) is 14.0. The predicted molar refractivity (Wildman–Crippen MR) is 72.0 cm³/mol. The number of carbonyl (C=O) groups is 1. The Bertz CT molecular complexity index is 399. The lowest BCUT2D eigenvalue weighted by Gasteiger charge is -2.25. The second kappa shape index (κ2) is 5.51.